The molecule has 3 N–H and O–H groups in total. The van der Waals surface area contributed by atoms with Gasteiger partial charge in [0, 0.05) is 5.69 Å². The largest absolute Gasteiger partial charge is 0.398 e. The molecule has 0 aliphatic carbocycles. The summed E-state index contributed by atoms with van der Waals surface area (Å²) in [5, 5.41) is 0. The van der Waals surface area contributed by atoms with Crippen LogP contribution in [0.3, 0.4) is 0 Å². The van der Waals surface area contributed by atoms with Gasteiger partial charge in [-0.1, -0.05) is 26.0 Å². The lowest BCUT2D eigenvalue weighted by Gasteiger charge is -2.11. The SMILES string of the molecule is CC(C)c1ccc(NS(=O)(=O)c2ccc(F)cc2N)cc1. The summed E-state index contributed by atoms with van der Waals surface area (Å²) in [4.78, 5) is -0.142. The molecule has 0 bridgehead atoms. The minimum atomic E-state index is -3.84. The second kappa shape index (κ2) is 5.73. The van der Waals surface area contributed by atoms with Crippen LogP contribution in [0.25, 0.3) is 0 Å². The third kappa shape index (κ3) is 3.52. The summed E-state index contributed by atoms with van der Waals surface area (Å²) in [6, 6.07) is 10.3. The zero-order valence-electron chi connectivity index (χ0n) is 11.8. The number of anilines is 2. The molecule has 112 valence electrons. The molecule has 21 heavy (non-hydrogen) atoms. The lowest BCUT2D eigenvalue weighted by Crippen LogP contribution is -2.15. The molecule has 0 fully saturated rings. The average Bonchev–Trinajstić information content (AvgIpc) is 2.38. The third-order valence-electron chi connectivity index (χ3n) is 3.09. The van der Waals surface area contributed by atoms with Crippen molar-refractivity contribution in [2.24, 2.45) is 0 Å². The second-order valence-electron chi connectivity index (χ2n) is 5.06. The molecule has 0 aliphatic heterocycles. The van der Waals surface area contributed by atoms with Crippen molar-refractivity contribution in [1.29, 1.82) is 0 Å². The molecule has 0 saturated carbocycles. The van der Waals surface area contributed by atoms with Crippen molar-refractivity contribution in [3.05, 3.63) is 53.8 Å². The second-order valence-corrected chi connectivity index (χ2v) is 6.72. The van der Waals surface area contributed by atoms with Crippen molar-refractivity contribution in [2.45, 2.75) is 24.7 Å². The summed E-state index contributed by atoms with van der Waals surface area (Å²) in [7, 11) is -3.84. The fourth-order valence-corrected chi connectivity index (χ4v) is 3.08. The van der Waals surface area contributed by atoms with E-state index in [1.54, 1.807) is 12.1 Å². The maximum absolute atomic E-state index is 13.0. The van der Waals surface area contributed by atoms with Crippen molar-refractivity contribution in [2.75, 3.05) is 10.5 Å². The number of benzene rings is 2. The van der Waals surface area contributed by atoms with Gasteiger partial charge in [0.2, 0.25) is 0 Å². The minimum Gasteiger partial charge on any atom is -0.398 e. The van der Waals surface area contributed by atoms with Crippen molar-refractivity contribution < 1.29 is 12.8 Å². The zero-order valence-corrected chi connectivity index (χ0v) is 12.6. The fraction of sp³-hybridized carbons (Fsp3) is 0.200. The third-order valence-corrected chi connectivity index (χ3v) is 4.55. The predicted octanol–water partition coefficient (Wildman–Crippen LogP) is 3.33. The molecule has 2 aromatic rings. The Balaban J connectivity index is 2.28. The van der Waals surface area contributed by atoms with Gasteiger partial charge in [0.25, 0.3) is 10.0 Å². The molecular weight excluding hydrogens is 291 g/mol. The Morgan fingerprint density at radius 1 is 1.10 bits per heavy atom. The molecule has 0 saturated heterocycles. The maximum Gasteiger partial charge on any atom is 0.263 e. The van der Waals surface area contributed by atoms with Crippen LogP contribution in [0.1, 0.15) is 25.3 Å². The normalized spacial score (nSPS) is 11.6. The molecule has 6 heteroatoms. The van der Waals surface area contributed by atoms with Crippen LogP contribution < -0.4 is 10.5 Å². The van der Waals surface area contributed by atoms with Gasteiger partial charge < -0.3 is 5.73 Å². The minimum absolute atomic E-state index is 0.124. The Morgan fingerprint density at radius 3 is 2.24 bits per heavy atom. The van der Waals surface area contributed by atoms with Gasteiger partial charge in [-0.15, -0.1) is 0 Å². The molecule has 0 spiro atoms. The summed E-state index contributed by atoms with van der Waals surface area (Å²) >= 11 is 0. The summed E-state index contributed by atoms with van der Waals surface area (Å²) in [5.41, 5.74) is 6.99. The predicted molar refractivity (Wildman–Crippen MR) is 82.2 cm³/mol. The Labute approximate surface area is 123 Å². The van der Waals surface area contributed by atoms with E-state index in [9.17, 15) is 12.8 Å². The van der Waals surface area contributed by atoms with E-state index in [2.05, 4.69) is 18.6 Å². The molecule has 0 atom stereocenters. The monoisotopic (exact) mass is 308 g/mol. The lowest BCUT2D eigenvalue weighted by molar-refractivity contribution is 0.600. The van der Waals surface area contributed by atoms with E-state index in [4.69, 9.17) is 5.73 Å². The van der Waals surface area contributed by atoms with Crippen LogP contribution in [-0.2, 0) is 10.0 Å². The highest BCUT2D eigenvalue weighted by Gasteiger charge is 2.18. The van der Waals surface area contributed by atoms with Gasteiger partial charge in [-0.25, -0.2) is 12.8 Å². The van der Waals surface area contributed by atoms with Gasteiger partial charge in [0.15, 0.2) is 0 Å². The van der Waals surface area contributed by atoms with Crippen molar-refractivity contribution >= 4 is 21.4 Å². The Hall–Kier alpha value is -2.08. The fourth-order valence-electron chi connectivity index (χ4n) is 1.91. The molecular formula is C15H17FN2O2S. The van der Waals surface area contributed by atoms with E-state index in [-0.39, 0.29) is 10.6 Å². The van der Waals surface area contributed by atoms with Gasteiger partial charge in [-0.2, -0.15) is 0 Å². The number of hydrogen-bond donors (Lipinski definition) is 2. The molecule has 0 unspecified atom stereocenters. The maximum atomic E-state index is 13.0. The van der Waals surface area contributed by atoms with E-state index >= 15 is 0 Å². The van der Waals surface area contributed by atoms with Crippen LogP contribution in [0.2, 0.25) is 0 Å². The van der Waals surface area contributed by atoms with Gasteiger partial charge in [-0.05, 0) is 41.8 Å². The highest BCUT2D eigenvalue weighted by atomic mass is 32.2. The van der Waals surface area contributed by atoms with Crippen LogP contribution in [0.5, 0.6) is 0 Å². The Kier molecular flexibility index (Phi) is 4.18. The Morgan fingerprint density at radius 2 is 1.71 bits per heavy atom. The van der Waals surface area contributed by atoms with Crippen LogP contribution >= 0.6 is 0 Å². The van der Waals surface area contributed by atoms with Crippen LogP contribution in [0.4, 0.5) is 15.8 Å². The average molecular weight is 308 g/mol. The highest BCUT2D eigenvalue weighted by molar-refractivity contribution is 7.92. The van der Waals surface area contributed by atoms with E-state index < -0.39 is 15.8 Å². The summed E-state index contributed by atoms with van der Waals surface area (Å²) in [5.74, 6) is -0.212. The van der Waals surface area contributed by atoms with Crippen LogP contribution in [-0.4, -0.2) is 8.42 Å². The Bertz CT molecular complexity index is 741. The van der Waals surface area contributed by atoms with Gasteiger partial charge >= 0.3 is 0 Å². The number of hydrogen-bond acceptors (Lipinski definition) is 3. The molecule has 0 aliphatic rings. The van der Waals surface area contributed by atoms with Gasteiger partial charge in [-0.3, -0.25) is 4.72 Å². The molecule has 0 radical (unpaired) electrons. The van der Waals surface area contributed by atoms with Crippen molar-refractivity contribution in [1.82, 2.24) is 0 Å². The zero-order chi connectivity index (χ0) is 15.6. The molecule has 2 aromatic carbocycles. The first-order chi connectivity index (χ1) is 9.79. The number of halogens is 1. The molecule has 4 nitrogen and oxygen atoms in total. The summed E-state index contributed by atoms with van der Waals surface area (Å²) in [6.07, 6.45) is 0. The highest BCUT2D eigenvalue weighted by Crippen LogP contribution is 2.23. The first-order valence-electron chi connectivity index (χ1n) is 6.47. The smallest absolute Gasteiger partial charge is 0.263 e. The number of rotatable bonds is 4. The molecule has 0 heterocycles. The standard InChI is InChI=1S/C15H17FN2O2S/c1-10(2)11-3-6-13(7-4-11)18-21(19,20)15-8-5-12(16)9-14(15)17/h3-10,18H,17H2,1-2H3. The lowest BCUT2D eigenvalue weighted by atomic mass is 10.0. The van der Waals surface area contributed by atoms with Crippen molar-refractivity contribution in [3.8, 4) is 0 Å². The molecule has 2 rings (SSSR count). The van der Waals surface area contributed by atoms with E-state index in [1.165, 1.54) is 0 Å². The first-order valence-corrected chi connectivity index (χ1v) is 7.96. The van der Waals surface area contributed by atoms with Gasteiger partial charge in [0.1, 0.15) is 10.7 Å². The van der Waals surface area contributed by atoms with E-state index in [1.807, 2.05) is 12.1 Å². The van der Waals surface area contributed by atoms with Crippen molar-refractivity contribution in [3.63, 3.8) is 0 Å². The number of nitrogen functional groups attached to an aromatic ring is 1. The van der Waals surface area contributed by atoms with Crippen LogP contribution in [0.15, 0.2) is 47.4 Å². The topological polar surface area (TPSA) is 72.2 Å². The number of sulfonamides is 1. The van der Waals surface area contributed by atoms with E-state index in [0.29, 0.717) is 11.6 Å². The van der Waals surface area contributed by atoms with Crippen LogP contribution in [0, 0.1) is 5.82 Å². The van der Waals surface area contributed by atoms with Gasteiger partial charge in [0.05, 0.1) is 5.69 Å². The number of nitrogens with one attached hydrogen (secondary N) is 1. The quantitative estimate of drug-likeness (QED) is 0.851. The van der Waals surface area contributed by atoms with E-state index in [0.717, 1.165) is 23.8 Å². The number of nitrogens with two attached hydrogens (primary N) is 1. The first kappa shape index (κ1) is 15.3. The molecule has 0 amide bonds. The summed E-state index contributed by atoms with van der Waals surface area (Å²) in [6.45, 7) is 4.11. The summed E-state index contributed by atoms with van der Waals surface area (Å²) < 4.78 is 39.9. The molecule has 0 aromatic heterocycles.